The van der Waals surface area contributed by atoms with E-state index < -0.39 is 4.92 Å². The average Bonchev–Trinajstić information content (AvgIpc) is 2.33. The van der Waals surface area contributed by atoms with Crippen LogP contribution in [0.5, 0.6) is 0 Å². The van der Waals surface area contributed by atoms with Gasteiger partial charge < -0.3 is 11.1 Å². The number of nitrogen functional groups attached to an aromatic ring is 1. The fourth-order valence-corrected chi connectivity index (χ4v) is 1.88. The Balaban J connectivity index is 2.44. The molecular weight excluding hydrogens is 289 g/mol. The fraction of sp³-hybridized carbons (Fsp3) is 0. The summed E-state index contributed by atoms with van der Waals surface area (Å²) in [5, 5.41) is 14.2. The van der Waals surface area contributed by atoms with Crippen molar-refractivity contribution in [1.82, 2.24) is 0 Å². The van der Waals surface area contributed by atoms with E-state index in [1.807, 2.05) is 0 Å². The third-order valence-corrected chi connectivity index (χ3v) is 3.12. The van der Waals surface area contributed by atoms with Crippen molar-refractivity contribution in [3.05, 3.63) is 56.6 Å². The first-order valence-electron chi connectivity index (χ1n) is 5.23. The number of halogens is 2. The molecule has 0 aliphatic carbocycles. The van der Waals surface area contributed by atoms with E-state index in [4.69, 9.17) is 28.9 Å². The van der Waals surface area contributed by atoms with Crippen LogP contribution in [-0.2, 0) is 0 Å². The van der Waals surface area contributed by atoms with Gasteiger partial charge in [-0.2, -0.15) is 0 Å². The number of benzene rings is 2. The van der Waals surface area contributed by atoms with Crippen molar-refractivity contribution in [2.24, 2.45) is 0 Å². The molecule has 7 heteroatoms. The summed E-state index contributed by atoms with van der Waals surface area (Å²) in [7, 11) is 0. The number of anilines is 3. The summed E-state index contributed by atoms with van der Waals surface area (Å²) in [6, 6.07) is 9.47. The number of nitro benzene ring substituents is 1. The molecular formula is C12H9Cl2N3O2. The first kappa shape index (κ1) is 13.5. The van der Waals surface area contributed by atoms with Gasteiger partial charge in [-0.25, -0.2) is 0 Å². The molecule has 0 atom stereocenters. The standard InChI is InChI=1S/C12H9Cl2N3O2/c13-9-5-11(12(17(18)19)6-10(9)14)16-8-3-1-2-7(15)4-8/h1-6,16H,15H2. The van der Waals surface area contributed by atoms with E-state index in [1.54, 1.807) is 24.3 Å². The largest absolute Gasteiger partial charge is 0.399 e. The smallest absolute Gasteiger partial charge is 0.294 e. The van der Waals surface area contributed by atoms with Gasteiger partial charge in [0.15, 0.2) is 0 Å². The van der Waals surface area contributed by atoms with Gasteiger partial charge in [-0.05, 0) is 24.3 Å². The van der Waals surface area contributed by atoms with Crippen molar-refractivity contribution in [2.75, 3.05) is 11.1 Å². The van der Waals surface area contributed by atoms with Gasteiger partial charge in [0.2, 0.25) is 0 Å². The quantitative estimate of drug-likeness (QED) is 0.505. The Morgan fingerprint density at radius 2 is 1.84 bits per heavy atom. The predicted molar refractivity (Wildman–Crippen MR) is 77.3 cm³/mol. The fourth-order valence-electron chi connectivity index (χ4n) is 1.56. The topological polar surface area (TPSA) is 81.2 Å². The van der Waals surface area contributed by atoms with Crippen molar-refractivity contribution in [1.29, 1.82) is 0 Å². The van der Waals surface area contributed by atoms with Gasteiger partial charge in [0.25, 0.3) is 5.69 Å². The van der Waals surface area contributed by atoms with Gasteiger partial charge >= 0.3 is 0 Å². The number of rotatable bonds is 3. The minimum atomic E-state index is -0.531. The van der Waals surface area contributed by atoms with Crippen molar-refractivity contribution in [3.8, 4) is 0 Å². The Labute approximate surface area is 119 Å². The van der Waals surface area contributed by atoms with Crippen LogP contribution >= 0.6 is 23.2 Å². The third kappa shape index (κ3) is 3.07. The first-order valence-corrected chi connectivity index (χ1v) is 5.99. The Morgan fingerprint density at radius 1 is 1.16 bits per heavy atom. The Hall–Kier alpha value is -1.98. The molecule has 2 aromatic carbocycles. The summed E-state index contributed by atoms with van der Waals surface area (Å²) in [6.45, 7) is 0. The number of nitrogens with two attached hydrogens (primary N) is 1. The van der Waals surface area contributed by atoms with E-state index in [0.717, 1.165) is 0 Å². The molecule has 0 amide bonds. The molecule has 0 bridgehead atoms. The maximum atomic E-state index is 11.0. The minimum absolute atomic E-state index is 0.131. The van der Waals surface area contributed by atoms with E-state index in [9.17, 15) is 10.1 Å². The molecule has 0 saturated heterocycles. The van der Waals surface area contributed by atoms with E-state index in [2.05, 4.69) is 5.32 Å². The van der Waals surface area contributed by atoms with Crippen molar-refractivity contribution < 1.29 is 4.92 Å². The molecule has 3 N–H and O–H groups in total. The van der Waals surface area contributed by atoms with Crippen LogP contribution in [0.3, 0.4) is 0 Å². The lowest BCUT2D eigenvalue weighted by Crippen LogP contribution is -1.98. The van der Waals surface area contributed by atoms with Gasteiger partial charge in [-0.1, -0.05) is 29.3 Å². The molecule has 0 fully saturated rings. The molecule has 0 aliphatic heterocycles. The van der Waals surface area contributed by atoms with E-state index in [1.165, 1.54) is 12.1 Å². The molecule has 0 spiro atoms. The van der Waals surface area contributed by atoms with Gasteiger partial charge in [-0.3, -0.25) is 10.1 Å². The number of nitrogens with one attached hydrogen (secondary N) is 1. The normalized spacial score (nSPS) is 10.2. The van der Waals surface area contributed by atoms with Crippen molar-refractivity contribution in [2.45, 2.75) is 0 Å². The second kappa shape index (κ2) is 5.34. The molecule has 0 saturated carbocycles. The summed E-state index contributed by atoms with van der Waals surface area (Å²) in [5.74, 6) is 0. The summed E-state index contributed by atoms with van der Waals surface area (Å²) >= 11 is 11.6. The monoisotopic (exact) mass is 297 g/mol. The summed E-state index contributed by atoms with van der Waals surface area (Å²) in [4.78, 5) is 10.5. The molecule has 2 aromatic rings. The highest BCUT2D eigenvalue weighted by Gasteiger charge is 2.17. The van der Waals surface area contributed by atoms with E-state index in [0.29, 0.717) is 11.4 Å². The van der Waals surface area contributed by atoms with Crippen molar-refractivity contribution in [3.63, 3.8) is 0 Å². The van der Waals surface area contributed by atoms with Gasteiger partial charge in [0.05, 0.1) is 15.0 Å². The number of nitro groups is 1. The van der Waals surface area contributed by atoms with Gasteiger partial charge in [0, 0.05) is 17.4 Å². The summed E-state index contributed by atoms with van der Waals surface area (Å²) in [5.41, 5.74) is 6.92. The van der Waals surface area contributed by atoms with Crippen LogP contribution in [-0.4, -0.2) is 4.92 Å². The highest BCUT2D eigenvalue weighted by atomic mass is 35.5. The van der Waals surface area contributed by atoms with E-state index in [-0.39, 0.29) is 21.4 Å². The Morgan fingerprint density at radius 3 is 2.47 bits per heavy atom. The minimum Gasteiger partial charge on any atom is -0.399 e. The SMILES string of the molecule is Nc1cccc(Nc2cc(Cl)c(Cl)cc2[N+](=O)[O-])c1. The lowest BCUT2D eigenvalue weighted by molar-refractivity contribution is -0.383. The molecule has 0 heterocycles. The number of nitrogens with zero attached hydrogens (tertiary/aromatic N) is 1. The highest BCUT2D eigenvalue weighted by molar-refractivity contribution is 6.42. The number of hydrogen-bond donors (Lipinski definition) is 2. The zero-order valence-corrected chi connectivity index (χ0v) is 11.1. The van der Waals surface area contributed by atoms with Crippen LogP contribution in [0.15, 0.2) is 36.4 Å². The van der Waals surface area contributed by atoms with Gasteiger partial charge in [0.1, 0.15) is 5.69 Å². The number of hydrogen-bond acceptors (Lipinski definition) is 4. The molecule has 0 aliphatic rings. The average molecular weight is 298 g/mol. The summed E-state index contributed by atoms with van der Waals surface area (Å²) in [6.07, 6.45) is 0. The Kier molecular flexibility index (Phi) is 3.78. The lowest BCUT2D eigenvalue weighted by atomic mass is 10.2. The maximum Gasteiger partial charge on any atom is 0.294 e. The Bertz CT molecular complexity index is 647. The van der Waals surface area contributed by atoms with Crippen LogP contribution in [0.4, 0.5) is 22.7 Å². The second-order valence-electron chi connectivity index (χ2n) is 3.79. The highest BCUT2D eigenvalue weighted by Crippen LogP contribution is 2.35. The van der Waals surface area contributed by atoms with E-state index >= 15 is 0 Å². The molecule has 0 radical (unpaired) electrons. The lowest BCUT2D eigenvalue weighted by Gasteiger charge is -2.09. The van der Waals surface area contributed by atoms with Crippen LogP contribution in [0.2, 0.25) is 10.0 Å². The third-order valence-electron chi connectivity index (χ3n) is 2.40. The molecule has 0 unspecified atom stereocenters. The van der Waals surface area contributed by atoms with Gasteiger partial charge in [-0.15, -0.1) is 0 Å². The van der Waals surface area contributed by atoms with Crippen LogP contribution in [0.25, 0.3) is 0 Å². The van der Waals surface area contributed by atoms with Crippen LogP contribution in [0.1, 0.15) is 0 Å². The second-order valence-corrected chi connectivity index (χ2v) is 4.61. The van der Waals surface area contributed by atoms with Crippen LogP contribution in [0, 0.1) is 10.1 Å². The zero-order chi connectivity index (χ0) is 14.0. The predicted octanol–water partition coefficient (Wildman–Crippen LogP) is 4.23. The molecule has 2 rings (SSSR count). The van der Waals surface area contributed by atoms with Crippen LogP contribution < -0.4 is 11.1 Å². The first-order chi connectivity index (χ1) is 8.97. The molecule has 19 heavy (non-hydrogen) atoms. The molecule has 5 nitrogen and oxygen atoms in total. The molecule has 98 valence electrons. The maximum absolute atomic E-state index is 11.0. The summed E-state index contributed by atoms with van der Waals surface area (Å²) < 4.78 is 0. The zero-order valence-electron chi connectivity index (χ0n) is 9.56. The molecule has 0 aromatic heterocycles. The van der Waals surface area contributed by atoms with Crippen molar-refractivity contribution >= 4 is 46.0 Å².